The summed E-state index contributed by atoms with van der Waals surface area (Å²) in [4.78, 5) is 33.8. The fraction of sp³-hybridized carbons (Fsp3) is 0. The third-order valence-electron chi connectivity index (χ3n) is 12.8. The molecule has 7 heteroatoms. The van der Waals surface area contributed by atoms with Gasteiger partial charge >= 0.3 is 0 Å². The molecule has 4 aromatic heterocycles. The van der Waals surface area contributed by atoms with Gasteiger partial charge in [-0.3, -0.25) is 18.6 Å². The minimum Gasteiger partial charge on any atom is -0.278 e. The average Bonchev–Trinajstić information content (AvgIpc) is 4.08. The van der Waals surface area contributed by atoms with E-state index < -0.39 is 0 Å². The SMILES string of the molecule is O=c1c2ccc(-c3ccc4c(c3)n3c5ccccc5nc3n4-c3ccc(-c4ccccc4)cc3)cc2n2c3c(-c4cc(-c5ccccc5)ccc4-c4ccccc4)cccc3c(=O)n12. The van der Waals surface area contributed by atoms with Gasteiger partial charge in [-0.25, -0.2) is 9.50 Å². The Morgan fingerprint density at radius 3 is 1.67 bits per heavy atom. The predicted octanol–water partition coefficient (Wildman–Crippen LogP) is 12.6. The smallest absolute Gasteiger partial charge is 0.278 e. The maximum Gasteiger partial charge on any atom is 0.282 e. The number of para-hydroxylation sites is 3. The van der Waals surface area contributed by atoms with E-state index in [0.29, 0.717) is 21.8 Å². The highest BCUT2D eigenvalue weighted by molar-refractivity contribution is 6.02. The Morgan fingerprint density at radius 2 is 0.922 bits per heavy atom. The highest BCUT2D eigenvalue weighted by Gasteiger charge is 2.23. The van der Waals surface area contributed by atoms with E-state index in [1.165, 1.54) is 10.1 Å². The summed E-state index contributed by atoms with van der Waals surface area (Å²) in [6, 6.07) is 72.6. The van der Waals surface area contributed by atoms with Gasteiger partial charge in [-0.1, -0.05) is 152 Å². The number of benzene rings is 9. The molecule has 13 rings (SSSR count). The molecular formula is C57H35N5O2. The fourth-order valence-corrected chi connectivity index (χ4v) is 9.77. The van der Waals surface area contributed by atoms with Crippen molar-refractivity contribution in [1.82, 2.24) is 23.0 Å². The Labute approximate surface area is 365 Å². The molecule has 0 fully saturated rings. The first-order chi connectivity index (χ1) is 31.6. The molecule has 0 amide bonds. The first-order valence-corrected chi connectivity index (χ1v) is 21.4. The van der Waals surface area contributed by atoms with E-state index in [-0.39, 0.29) is 11.1 Å². The molecule has 13 aromatic rings. The lowest BCUT2D eigenvalue weighted by molar-refractivity contribution is 0.842. The van der Waals surface area contributed by atoms with Gasteiger partial charge in [-0.05, 0) is 111 Å². The van der Waals surface area contributed by atoms with Crippen LogP contribution in [-0.2, 0) is 0 Å². The van der Waals surface area contributed by atoms with Crippen LogP contribution in [0.4, 0.5) is 0 Å². The van der Waals surface area contributed by atoms with Gasteiger partial charge in [0.2, 0.25) is 5.78 Å². The molecule has 64 heavy (non-hydrogen) atoms. The second-order valence-corrected chi connectivity index (χ2v) is 16.3. The number of imidazole rings is 2. The quantitative estimate of drug-likeness (QED) is 0.168. The number of aromatic nitrogens is 5. The van der Waals surface area contributed by atoms with Crippen LogP contribution in [0.3, 0.4) is 0 Å². The van der Waals surface area contributed by atoms with Gasteiger partial charge in [0.25, 0.3) is 11.1 Å². The van der Waals surface area contributed by atoms with Crippen LogP contribution in [0.1, 0.15) is 0 Å². The lowest BCUT2D eigenvalue weighted by Gasteiger charge is -2.14. The standard InChI is InChI=1S/C57H35N5O2/c63-55-46-31-26-41(42-27-32-51-53(35-42)60-50-22-11-10-21-49(50)58-57(60)59(51)43-28-23-38(24-29-43)36-13-4-1-5-14-36)34-52(46)61-54-45(19-12-20-47(54)56(64)62(55)61)48-33-40(37-15-6-2-7-16-37)25-30-44(48)39-17-8-3-9-18-39/h1-35H. The van der Waals surface area contributed by atoms with Crippen molar-refractivity contribution in [3.05, 3.63) is 233 Å². The van der Waals surface area contributed by atoms with Crippen LogP contribution in [0.15, 0.2) is 222 Å². The number of nitrogens with zero attached hydrogens (tertiary/aromatic N) is 5. The predicted molar refractivity (Wildman–Crippen MR) is 260 cm³/mol. The summed E-state index contributed by atoms with van der Waals surface area (Å²) >= 11 is 0. The molecule has 0 aliphatic carbocycles. The molecule has 0 saturated carbocycles. The summed E-state index contributed by atoms with van der Waals surface area (Å²) in [6.07, 6.45) is 0. The normalized spacial score (nSPS) is 11.9. The topological polar surface area (TPSA) is 65.2 Å². The van der Waals surface area contributed by atoms with Crippen LogP contribution in [0.5, 0.6) is 0 Å². The zero-order valence-corrected chi connectivity index (χ0v) is 34.3. The van der Waals surface area contributed by atoms with Gasteiger partial charge in [-0.15, -0.1) is 0 Å². The summed E-state index contributed by atoms with van der Waals surface area (Å²) < 4.78 is 7.60. The zero-order valence-electron chi connectivity index (χ0n) is 34.3. The molecule has 0 aliphatic rings. The number of hydrogen-bond acceptors (Lipinski definition) is 3. The molecule has 0 bridgehead atoms. The molecule has 0 radical (unpaired) electrons. The van der Waals surface area contributed by atoms with E-state index in [1.54, 1.807) is 0 Å². The van der Waals surface area contributed by atoms with Gasteiger partial charge in [0.05, 0.1) is 43.9 Å². The molecule has 0 atom stereocenters. The van der Waals surface area contributed by atoms with Crippen LogP contribution >= 0.6 is 0 Å². The summed E-state index contributed by atoms with van der Waals surface area (Å²) in [7, 11) is 0. The summed E-state index contributed by atoms with van der Waals surface area (Å²) in [5.74, 6) is 0.821. The largest absolute Gasteiger partial charge is 0.282 e. The molecule has 0 saturated heterocycles. The van der Waals surface area contributed by atoms with Crippen molar-refractivity contribution in [1.29, 1.82) is 0 Å². The number of rotatable bonds is 6. The third-order valence-corrected chi connectivity index (χ3v) is 12.8. The molecule has 0 N–H and O–H groups in total. The first-order valence-electron chi connectivity index (χ1n) is 21.4. The summed E-state index contributed by atoms with van der Waals surface area (Å²) in [5, 5.41) is 0.966. The van der Waals surface area contributed by atoms with Crippen molar-refractivity contribution < 1.29 is 0 Å². The van der Waals surface area contributed by atoms with Crippen LogP contribution in [0.2, 0.25) is 0 Å². The zero-order chi connectivity index (χ0) is 42.5. The van der Waals surface area contributed by atoms with E-state index in [4.69, 9.17) is 4.98 Å². The van der Waals surface area contributed by atoms with Crippen LogP contribution < -0.4 is 11.1 Å². The van der Waals surface area contributed by atoms with Gasteiger partial charge < -0.3 is 0 Å². The first kappa shape index (κ1) is 35.9. The van der Waals surface area contributed by atoms with Crippen molar-refractivity contribution in [3.63, 3.8) is 0 Å². The minimum absolute atomic E-state index is 0.339. The van der Waals surface area contributed by atoms with Gasteiger partial charge in [0.15, 0.2) is 0 Å². The number of fused-ring (bicyclic) bond motifs is 10. The van der Waals surface area contributed by atoms with Crippen LogP contribution in [0.25, 0.3) is 111 Å². The average molecular weight is 822 g/mol. The fourth-order valence-electron chi connectivity index (χ4n) is 9.77. The Hall–Kier alpha value is -8.81. The molecule has 0 aliphatic heterocycles. The molecule has 0 spiro atoms. The van der Waals surface area contributed by atoms with E-state index in [2.05, 4.69) is 136 Å². The van der Waals surface area contributed by atoms with E-state index >= 15 is 0 Å². The van der Waals surface area contributed by atoms with Crippen LogP contribution in [-0.4, -0.2) is 23.0 Å². The Bertz CT molecular complexity index is 4090. The molecule has 300 valence electrons. The maximum absolute atomic E-state index is 14.4. The van der Waals surface area contributed by atoms with Gasteiger partial charge in [0.1, 0.15) is 0 Å². The molecular weight excluding hydrogens is 787 g/mol. The molecule has 9 aromatic carbocycles. The van der Waals surface area contributed by atoms with Crippen molar-refractivity contribution >= 4 is 49.7 Å². The van der Waals surface area contributed by atoms with Crippen molar-refractivity contribution in [2.24, 2.45) is 0 Å². The highest BCUT2D eigenvalue weighted by Crippen LogP contribution is 2.40. The maximum atomic E-state index is 14.4. The summed E-state index contributed by atoms with van der Waals surface area (Å²) in [5.41, 5.74) is 15.9. The Morgan fingerprint density at radius 1 is 0.344 bits per heavy atom. The molecule has 4 heterocycles. The lowest BCUT2D eigenvalue weighted by Crippen LogP contribution is -2.21. The van der Waals surface area contributed by atoms with E-state index in [1.807, 2.05) is 89.4 Å². The van der Waals surface area contributed by atoms with Crippen molar-refractivity contribution in [2.75, 3.05) is 0 Å². The second-order valence-electron chi connectivity index (χ2n) is 16.3. The van der Waals surface area contributed by atoms with E-state index in [9.17, 15) is 9.59 Å². The second kappa shape index (κ2) is 13.9. The monoisotopic (exact) mass is 821 g/mol. The molecule has 7 nitrogen and oxygen atoms in total. The molecule has 0 unspecified atom stereocenters. The van der Waals surface area contributed by atoms with Crippen molar-refractivity contribution in [3.8, 4) is 61.3 Å². The Kier molecular flexibility index (Phi) is 7.77. The Balaban J connectivity index is 1.02. The lowest BCUT2D eigenvalue weighted by atomic mass is 9.90. The van der Waals surface area contributed by atoms with Gasteiger partial charge in [-0.2, -0.15) is 4.52 Å². The van der Waals surface area contributed by atoms with Gasteiger partial charge in [0, 0.05) is 11.3 Å². The van der Waals surface area contributed by atoms with E-state index in [0.717, 1.165) is 83.6 Å². The third kappa shape index (κ3) is 5.31. The minimum atomic E-state index is -0.340. The highest BCUT2D eigenvalue weighted by atomic mass is 16.2. The summed E-state index contributed by atoms with van der Waals surface area (Å²) in [6.45, 7) is 0. The van der Waals surface area contributed by atoms with Crippen molar-refractivity contribution in [2.45, 2.75) is 0 Å². The number of hydrogen-bond donors (Lipinski definition) is 0. The van der Waals surface area contributed by atoms with Crippen LogP contribution in [0, 0.1) is 0 Å².